The number of rotatable bonds is 10. The van der Waals surface area contributed by atoms with Crippen molar-refractivity contribution in [2.45, 2.75) is 51.0 Å². The number of ether oxygens (including phenoxy) is 2. The van der Waals surface area contributed by atoms with Gasteiger partial charge in [-0.15, -0.1) is 0 Å². The van der Waals surface area contributed by atoms with Gasteiger partial charge >= 0.3 is 0 Å². The molecule has 1 N–H and O–H groups in total. The number of nitrogens with one attached hydrogen (secondary N) is 1. The average Bonchev–Trinajstić information content (AvgIpc) is 3.05. The molecular weight excluding hydrogens is 360 g/mol. The van der Waals surface area contributed by atoms with Crippen LogP contribution < -0.4 is 14.8 Å². The zero-order valence-corrected chi connectivity index (χ0v) is 16.2. The standard InChI is InChI=1S/C19H25F2NO3S/c1-12(2)24-17-8-5-14(9-18(17)23-4)13(3)22-10-15-6-7-16(25-15)11-26-19(20)21/h5-9,12-13,19,22H,10-11H2,1-4H3. The van der Waals surface area contributed by atoms with Crippen molar-refractivity contribution in [3.8, 4) is 11.5 Å². The molecule has 0 aliphatic heterocycles. The van der Waals surface area contributed by atoms with E-state index in [4.69, 9.17) is 13.9 Å². The first kappa shape index (κ1) is 20.6. The number of thioether (sulfide) groups is 1. The van der Waals surface area contributed by atoms with Crippen LogP contribution in [0.15, 0.2) is 34.7 Å². The molecule has 0 bridgehead atoms. The van der Waals surface area contributed by atoms with Crippen LogP contribution in [0.25, 0.3) is 0 Å². The van der Waals surface area contributed by atoms with Gasteiger partial charge in [-0.3, -0.25) is 0 Å². The average molecular weight is 385 g/mol. The summed E-state index contributed by atoms with van der Waals surface area (Å²) >= 11 is 0.555. The van der Waals surface area contributed by atoms with Crippen LogP contribution in [0, 0.1) is 0 Å². The van der Waals surface area contributed by atoms with Crippen molar-refractivity contribution in [1.82, 2.24) is 5.32 Å². The van der Waals surface area contributed by atoms with Crippen molar-refractivity contribution in [2.75, 3.05) is 7.11 Å². The van der Waals surface area contributed by atoms with Gasteiger partial charge in [-0.05, 0) is 50.6 Å². The smallest absolute Gasteiger partial charge is 0.284 e. The van der Waals surface area contributed by atoms with E-state index in [0.29, 0.717) is 41.3 Å². The number of furan rings is 1. The van der Waals surface area contributed by atoms with E-state index >= 15 is 0 Å². The maximum atomic E-state index is 12.2. The summed E-state index contributed by atoms with van der Waals surface area (Å²) in [6.45, 7) is 6.48. The zero-order valence-electron chi connectivity index (χ0n) is 15.4. The fraction of sp³-hybridized carbons (Fsp3) is 0.474. The van der Waals surface area contributed by atoms with E-state index < -0.39 is 5.76 Å². The van der Waals surface area contributed by atoms with Crippen molar-refractivity contribution in [3.63, 3.8) is 0 Å². The van der Waals surface area contributed by atoms with Crippen LogP contribution in [0.4, 0.5) is 8.78 Å². The second-order valence-corrected chi connectivity index (χ2v) is 7.10. The number of hydrogen-bond donors (Lipinski definition) is 1. The highest BCUT2D eigenvalue weighted by Gasteiger charge is 2.13. The summed E-state index contributed by atoms with van der Waals surface area (Å²) in [5, 5.41) is 3.36. The molecule has 2 aromatic rings. The van der Waals surface area contributed by atoms with E-state index in [1.54, 1.807) is 19.2 Å². The van der Waals surface area contributed by atoms with Gasteiger partial charge in [0.15, 0.2) is 11.5 Å². The summed E-state index contributed by atoms with van der Waals surface area (Å²) in [5.74, 6) is 0.450. The summed E-state index contributed by atoms with van der Waals surface area (Å²) in [4.78, 5) is 0. The normalized spacial score (nSPS) is 12.6. The van der Waals surface area contributed by atoms with Crippen LogP contribution in [-0.4, -0.2) is 19.0 Å². The lowest BCUT2D eigenvalue weighted by Crippen LogP contribution is -2.18. The van der Waals surface area contributed by atoms with Crippen LogP contribution in [0.5, 0.6) is 11.5 Å². The molecule has 144 valence electrons. The molecule has 1 unspecified atom stereocenters. The first-order valence-corrected chi connectivity index (χ1v) is 9.49. The van der Waals surface area contributed by atoms with E-state index in [1.807, 2.05) is 39.0 Å². The van der Waals surface area contributed by atoms with Crippen LogP contribution in [0.2, 0.25) is 0 Å². The molecule has 4 nitrogen and oxygen atoms in total. The Morgan fingerprint density at radius 1 is 1.08 bits per heavy atom. The molecule has 0 spiro atoms. The van der Waals surface area contributed by atoms with Crippen LogP contribution in [0.1, 0.15) is 43.9 Å². The van der Waals surface area contributed by atoms with Gasteiger partial charge in [0.2, 0.25) is 0 Å². The fourth-order valence-electron chi connectivity index (χ4n) is 2.42. The van der Waals surface area contributed by atoms with E-state index in [9.17, 15) is 8.78 Å². The van der Waals surface area contributed by atoms with Crippen molar-refractivity contribution >= 4 is 11.8 Å². The summed E-state index contributed by atoms with van der Waals surface area (Å²) in [7, 11) is 1.62. The minimum absolute atomic E-state index is 0.0565. The van der Waals surface area contributed by atoms with Crippen molar-refractivity contribution in [3.05, 3.63) is 47.4 Å². The Labute approximate surface area is 157 Å². The number of benzene rings is 1. The van der Waals surface area contributed by atoms with Gasteiger partial charge in [-0.25, -0.2) is 0 Å². The Hall–Kier alpha value is -1.73. The molecule has 0 radical (unpaired) electrons. The van der Waals surface area contributed by atoms with Gasteiger partial charge in [-0.1, -0.05) is 17.8 Å². The Morgan fingerprint density at radius 3 is 2.46 bits per heavy atom. The highest BCUT2D eigenvalue weighted by molar-refractivity contribution is 7.98. The second kappa shape index (κ2) is 9.83. The number of hydrogen-bond acceptors (Lipinski definition) is 5. The zero-order chi connectivity index (χ0) is 19.1. The summed E-state index contributed by atoms with van der Waals surface area (Å²) in [5.41, 5.74) is 1.05. The molecule has 0 amide bonds. The molecule has 1 aromatic carbocycles. The number of methoxy groups -OCH3 is 1. The largest absolute Gasteiger partial charge is 0.493 e. The van der Waals surface area contributed by atoms with Gasteiger partial charge < -0.3 is 19.2 Å². The quantitative estimate of drug-likeness (QED) is 0.595. The van der Waals surface area contributed by atoms with Gasteiger partial charge in [0.1, 0.15) is 11.5 Å². The highest BCUT2D eigenvalue weighted by Crippen LogP contribution is 2.31. The van der Waals surface area contributed by atoms with Gasteiger partial charge in [0.05, 0.1) is 25.5 Å². The molecule has 0 fully saturated rings. The Bertz CT molecular complexity index is 691. The van der Waals surface area contributed by atoms with Gasteiger partial charge in [0.25, 0.3) is 5.76 Å². The fourth-order valence-corrected chi connectivity index (χ4v) is 2.86. The van der Waals surface area contributed by atoms with Crippen LogP contribution >= 0.6 is 11.8 Å². The minimum Gasteiger partial charge on any atom is -0.493 e. The molecule has 1 atom stereocenters. The lowest BCUT2D eigenvalue weighted by molar-refractivity contribution is 0.230. The first-order chi connectivity index (χ1) is 12.4. The molecule has 7 heteroatoms. The number of alkyl halides is 2. The van der Waals surface area contributed by atoms with Gasteiger partial charge in [0, 0.05) is 6.04 Å². The highest BCUT2D eigenvalue weighted by atomic mass is 32.2. The Balaban J connectivity index is 1.94. The second-order valence-electron chi connectivity index (χ2n) is 6.12. The van der Waals surface area contributed by atoms with E-state index in [2.05, 4.69) is 5.32 Å². The predicted molar refractivity (Wildman–Crippen MR) is 100 cm³/mol. The molecule has 26 heavy (non-hydrogen) atoms. The molecule has 0 aliphatic carbocycles. The third-order valence-electron chi connectivity index (χ3n) is 3.70. The van der Waals surface area contributed by atoms with Gasteiger partial charge in [-0.2, -0.15) is 8.78 Å². The van der Waals surface area contributed by atoms with Crippen LogP contribution in [-0.2, 0) is 12.3 Å². The lowest BCUT2D eigenvalue weighted by Gasteiger charge is -2.18. The third-order valence-corrected chi connectivity index (χ3v) is 4.40. The molecule has 1 aromatic heterocycles. The van der Waals surface area contributed by atoms with E-state index in [1.165, 1.54) is 0 Å². The minimum atomic E-state index is -2.39. The topological polar surface area (TPSA) is 43.6 Å². The van der Waals surface area contributed by atoms with Crippen molar-refractivity contribution < 1.29 is 22.7 Å². The predicted octanol–water partition coefficient (Wildman–Crippen LogP) is 5.38. The third kappa shape index (κ3) is 6.21. The molecular formula is C19H25F2NO3S. The first-order valence-electron chi connectivity index (χ1n) is 8.44. The molecule has 1 heterocycles. The van der Waals surface area contributed by atoms with Crippen molar-refractivity contribution in [2.24, 2.45) is 0 Å². The Morgan fingerprint density at radius 2 is 1.81 bits per heavy atom. The summed E-state index contributed by atoms with van der Waals surface area (Å²) in [6, 6.07) is 9.44. The van der Waals surface area contributed by atoms with E-state index in [0.717, 1.165) is 5.56 Å². The SMILES string of the molecule is COc1cc(C(C)NCc2ccc(CSC(F)F)o2)ccc1OC(C)C. The van der Waals surface area contributed by atoms with Crippen LogP contribution in [0.3, 0.4) is 0 Å². The van der Waals surface area contributed by atoms with Crippen molar-refractivity contribution in [1.29, 1.82) is 0 Å². The lowest BCUT2D eigenvalue weighted by atomic mass is 10.1. The van der Waals surface area contributed by atoms with E-state index in [-0.39, 0.29) is 17.9 Å². The maximum Gasteiger partial charge on any atom is 0.284 e. The molecule has 0 saturated heterocycles. The monoisotopic (exact) mass is 385 g/mol. The molecule has 2 rings (SSSR count). The molecule has 0 aliphatic rings. The summed E-state index contributed by atoms with van der Waals surface area (Å²) < 4.78 is 41.1. The maximum absolute atomic E-state index is 12.2. The molecule has 0 saturated carbocycles. The number of halogens is 2. The Kier molecular flexibility index (Phi) is 7.78. The summed E-state index contributed by atoms with van der Waals surface area (Å²) in [6.07, 6.45) is 0.0710.